The largest absolute Gasteiger partial charge is 0.483 e. The van der Waals surface area contributed by atoms with Crippen molar-refractivity contribution >= 4 is 26.6 Å². The predicted octanol–water partition coefficient (Wildman–Crippen LogP) is 5.56. The number of hydrogen-bond acceptors (Lipinski definition) is 5. The summed E-state index contributed by atoms with van der Waals surface area (Å²) in [5.74, 6) is 0.142. The summed E-state index contributed by atoms with van der Waals surface area (Å²) in [6.45, 7) is 3.09. The first-order valence-electron chi connectivity index (χ1n) is 10.1. The number of thiol groups is 1. The van der Waals surface area contributed by atoms with Gasteiger partial charge in [-0.25, -0.2) is 8.54 Å². The van der Waals surface area contributed by atoms with E-state index >= 15 is 0 Å². The van der Waals surface area contributed by atoms with Crippen LogP contribution < -0.4 is 5.32 Å². The molecule has 156 valence electrons. The molecule has 0 aliphatic rings. The molecule has 0 heterocycles. The highest BCUT2D eigenvalue weighted by Gasteiger charge is 2.18. The van der Waals surface area contributed by atoms with Crippen molar-refractivity contribution in [3.8, 4) is 0 Å². The van der Waals surface area contributed by atoms with Crippen LogP contribution in [0.2, 0.25) is 0 Å². The second kappa shape index (κ2) is 18.3. The second-order valence-electron chi connectivity index (χ2n) is 6.73. The standard InChI is InChI=1S/C18H38NO5PS/c1-2-3-4-5-6-7-8-9-12-15-18(20)19-16-13-10-11-14-17-23-25(21,22)24-26/h26H,2-17H2,1H3,(H,19,20)(H,21,22). The van der Waals surface area contributed by atoms with Crippen LogP contribution in [0.3, 0.4) is 0 Å². The number of phosphoric acid groups is 1. The molecule has 2 N–H and O–H groups in total. The van der Waals surface area contributed by atoms with Crippen LogP contribution in [-0.4, -0.2) is 24.0 Å². The van der Waals surface area contributed by atoms with Crippen LogP contribution >= 0.6 is 20.7 Å². The molecule has 1 amide bonds. The van der Waals surface area contributed by atoms with Gasteiger partial charge in [-0.3, -0.25) is 9.32 Å². The summed E-state index contributed by atoms with van der Waals surface area (Å²) in [4.78, 5) is 20.7. The predicted molar refractivity (Wildman–Crippen MR) is 109 cm³/mol. The lowest BCUT2D eigenvalue weighted by Crippen LogP contribution is -2.23. The van der Waals surface area contributed by atoms with Crippen molar-refractivity contribution in [2.75, 3.05) is 13.2 Å². The van der Waals surface area contributed by atoms with Gasteiger partial charge >= 0.3 is 7.82 Å². The lowest BCUT2D eigenvalue weighted by Gasteiger charge is -2.08. The molecule has 0 aliphatic carbocycles. The van der Waals surface area contributed by atoms with Gasteiger partial charge in [0.2, 0.25) is 5.91 Å². The van der Waals surface area contributed by atoms with Crippen molar-refractivity contribution in [1.29, 1.82) is 0 Å². The number of phosphoric ester groups is 1. The maximum absolute atomic E-state index is 11.7. The molecule has 6 nitrogen and oxygen atoms in total. The number of rotatable bonds is 19. The highest BCUT2D eigenvalue weighted by molar-refractivity contribution is 7.80. The lowest BCUT2D eigenvalue weighted by atomic mass is 10.1. The third-order valence-corrected chi connectivity index (χ3v) is 5.59. The van der Waals surface area contributed by atoms with Crippen molar-refractivity contribution in [2.24, 2.45) is 0 Å². The average Bonchev–Trinajstić information content (AvgIpc) is 2.62. The fourth-order valence-electron chi connectivity index (χ4n) is 2.70. The maximum atomic E-state index is 11.7. The molecular weight excluding hydrogens is 373 g/mol. The summed E-state index contributed by atoms with van der Waals surface area (Å²) in [6, 6.07) is 0. The van der Waals surface area contributed by atoms with Gasteiger partial charge in [-0.15, -0.1) is 0 Å². The Hall–Kier alpha value is -0.0700. The molecule has 0 aliphatic heterocycles. The van der Waals surface area contributed by atoms with Gasteiger partial charge in [0, 0.05) is 13.0 Å². The van der Waals surface area contributed by atoms with Gasteiger partial charge in [-0.2, -0.15) is 0 Å². The van der Waals surface area contributed by atoms with Crippen LogP contribution in [0.1, 0.15) is 96.8 Å². The Kier molecular flexibility index (Phi) is 18.3. The van der Waals surface area contributed by atoms with Gasteiger partial charge in [0.05, 0.1) is 6.61 Å². The molecule has 8 heteroatoms. The Balaban J connectivity index is 3.26. The number of carbonyl (C=O) groups excluding carboxylic acids is 1. The summed E-state index contributed by atoms with van der Waals surface area (Å²) in [5, 5.41) is 2.95. The fourth-order valence-corrected chi connectivity index (χ4v) is 3.24. The highest BCUT2D eigenvalue weighted by Crippen LogP contribution is 2.44. The molecule has 0 aromatic heterocycles. The normalized spacial score (nSPS) is 13.5. The van der Waals surface area contributed by atoms with Crippen LogP contribution in [0, 0.1) is 0 Å². The summed E-state index contributed by atoms with van der Waals surface area (Å²) in [6.07, 6.45) is 15.4. The van der Waals surface area contributed by atoms with E-state index in [1.54, 1.807) is 0 Å². The molecule has 0 bridgehead atoms. The summed E-state index contributed by atoms with van der Waals surface area (Å²) in [5.41, 5.74) is 0. The van der Waals surface area contributed by atoms with Crippen molar-refractivity contribution < 1.29 is 22.7 Å². The Labute approximate surface area is 165 Å². The lowest BCUT2D eigenvalue weighted by molar-refractivity contribution is -0.121. The van der Waals surface area contributed by atoms with E-state index < -0.39 is 7.82 Å². The SMILES string of the molecule is CCCCCCCCCCCC(=O)NCCCCCCOP(=O)(O)OS. The topological polar surface area (TPSA) is 84.9 Å². The Bertz CT molecular complexity index is 385. The zero-order valence-corrected chi connectivity index (χ0v) is 18.1. The molecule has 26 heavy (non-hydrogen) atoms. The molecule has 1 unspecified atom stereocenters. The molecular formula is C18H38NO5PS. The average molecular weight is 412 g/mol. The molecule has 0 radical (unpaired) electrons. The smallest absolute Gasteiger partial charge is 0.356 e. The maximum Gasteiger partial charge on any atom is 0.483 e. The van der Waals surface area contributed by atoms with Crippen LogP contribution in [0.25, 0.3) is 0 Å². The van der Waals surface area contributed by atoms with E-state index in [4.69, 9.17) is 4.89 Å². The summed E-state index contributed by atoms with van der Waals surface area (Å²) in [7, 11) is -3.97. The van der Waals surface area contributed by atoms with Gasteiger partial charge in [0.15, 0.2) is 0 Å². The van der Waals surface area contributed by atoms with Gasteiger partial charge in [-0.05, 0) is 32.2 Å². The third-order valence-electron chi connectivity index (χ3n) is 4.26. The first kappa shape index (κ1) is 25.9. The Morgan fingerprint density at radius 1 is 0.923 bits per heavy atom. The second-order valence-corrected chi connectivity index (χ2v) is 8.57. The van der Waals surface area contributed by atoms with E-state index in [1.807, 2.05) is 0 Å². The number of amides is 1. The molecule has 0 spiro atoms. The van der Waals surface area contributed by atoms with Crippen molar-refractivity contribution in [3.63, 3.8) is 0 Å². The van der Waals surface area contributed by atoms with E-state index in [2.05, 4.69) is 33.6 Å². The minimum absolute atomic E-state index is 0.142. The van der Waals surface area contributed by atoms with E-state index in [1.165, 1.54) is 44.9 Å². The van der Waals surface area contributed by atoms with Crippen molar-refractivity contribution in [2.45, 2.75) is 96.8 Å². The number of unbranched alkanes of at least 4 members (excludes halogenated alkanes) is 11. The molecule has 0 saturated carbocycles. The van der Waals surface area contributed by atoms with Gasteiger partial charge in [0.1, 0.15) is 0 Å². The summed E-state index contributed by atoms with van der Waals surface area (Å²) < 4.78 is 19.7. The van der Waals surface area contributed by atoms with Crippen molar-refractivity contribution in [3.05, 3.63) is 0 Å². The quantitative estimate of drug-likeness (QED) is 0.112. The number of carbonyl (C=O) groups is 1. The first-order valence-corrected chi connectivity index (χ1v) is 11.9. The monoisotopic (exact) mass is 411 g/mol. The van der Waals surface area contributed by atoms with Gasteiger partial charge in [-0.1, -0.05) is 71.1 Å². The number of nitrogens with one attached hydrogen (secondary N) is 1. The van der Waals surface area contributed by atoms with Gasteiger partial charge < -0.3 is 10.2 Å². The Morgan fingerprint density at radius 3 is 2.08 bits per heavy atom. The van der Waals surface area contributed by atoms with E-state index in [0.29, 0.717) is 19.4 Å². The van der Waals surface area contributed by atoms with Crippen LogP contribution in [0.4, 0.5) is 0 Å². The van der Waals surface area contributed by atoms with Crippen LogP contribution in [0.15, 0.2) is 0 Å². The minimum Gasteiger partial charge on any atom is -0.356 e. The Morgan fingerprint density at radius 2 is 1.46 bits per heavy atom. The molecule has 0 rings (SSSR count). The zero-order chi connectivity index (χ0) is 19.5. The third kappa shape index (κ3) is 18.7. The van der Waals surface area contributed by atoms with Gasteiger partial charge in [0.25, 0.3) is 0 Å². The molecule has 1 atom stereocenters. The number of hydrogen-bond donors (Lipinski definition) is 3. The molecule has 0 saturated heterocycles. The molecule has 0 fully saturated rings. The van der Waals surface area contributed by atoms with Crippen LogP contribution in [-0.2, 0) is 17.9 Å². The first-order chi connectivity index (χ1) is 12.5. The van der Waals surface area contributed by atoms with E-state index in [9.17, 15) is 9.36 Å². The van der Waals surface area contributed by atoms with E-state index in [-0.39, 0.29) is 12.5 Å². The van der Waals surface area contributed by atoms with Crippen molar-refractivity contribution in [1.82, 2.24) is 5.32 Å². The molecule has 0 aromatic carbocycles. The minimum atomic E-state index is -3.97. The fraction of sp³-hybridized carbons (Fsp3) is 0.944. The van der Waals surface area contributed by atoms with Crippen LogP contribution in [0.5, 0.6) is 0 Å². The molecule has 0 aromatic rings. The highest BCUT2D eigenvalue weighted by atomic mass is 32.1. The zero-order valence-electron chi connectivity index (χ0n) is 16.3. The summed E-state index contributed by atoms with van der Waals surface area (Å²) >= 11 is 3.27. The van der Waals surface area contributed by atoms with E-state index in [0.717, 1.165) is 32.1 Å².